The van der Waals surface area contributed by atoms with Crippen LogP contribution < -0.4 is 0 Å². The molecular weight excluding hydrogens is 274 g/mol. The van der Waals surface area contributed by atoms with E-state index in [9.17, 15) is 4.79 Å². The lowest BCUT2D eigenvalue weighted by Gasteiger charge is -2.08. The molecule has 0 spiro atoms. The maximum Gasteiger partial charge on any atom is 0.164 e. The van der Waals surface area contributed by atoms with E-state index in [0.29, 0.717) is 10.6 Å². The van der Waals surface area contributed by atoms with Crippen LogP contribution in [0.2, 0.25) is 5.02 Å². The van der Waals surface area contributed by atoms with Gasteiger partial charge in [0.2, 0.25) is 0 Å². The van der Waals surface area contributed by atoms with Crippen molar-refractivity contribution in [3.05, 3.63) is 41.2 Å². The van der Waals surface area contributed by atoms with E-state index in [4.69, 9.17) is 16.9 Å². The van der Waals surface area contributed by atoms with Gasteiger partial charge in [0.25, 0.3) is 0 Å². The van der Waals surface area contributed by atoms with Gasteiger partial charge in [-0.3, -0.25) is 9.48 Å². The molecule has 0 saturated heterocycles. The molecule has 1 heterocycles. The molecular formula is C15H14ClN3O. The van der Waals surface area contributed by atoms with E-state index in [2.05, 4.69) is 11.2 Å². The van der Waals surface area contributed by atoms with E-state index in [1.165, 1.54) is 0 Å². The minimum absolute atomic E-state index is 0.0606. The highest BCUT2D eigenvalue weighted by Crippen LogP contribution is 2.28. The molecule has 0 saturated carbocycles. The second kappa shape index (κ2) is 5.89. The Bertz CT molecular complexity index is 685. The number of aromatic nitrogens is 2. The third kappa shape index (κ3) is 3.06. The lowest BCUT2D eigenvalue weighted by molar-refractivity contribution is 0.0973. The molecule has 0 unspecified atom stereocenters. The van der Waals surface area contributed by atoms with Crippen molar-refractivity contribution in [1.82, 2.24) is 9.78 Å². The maximum absolute atomic E-state index is 12.3. The molecule has 0 amide bonds. The number of nitrogens with zero attached hydrogens (tertiary/aromatic N) is 3. The maximum atomic E-state index is 12.3. The number of ketones is 1. The molecule has 0 aliphatic rings. The minimum Gasteiger partial charge on any atom is -0.294 e. The fourth-order valence-corrected chi connectivity index (χ4v) is 2.16. The summed E-state index contributed by atoms with van der Waals surface area (Å²) >= 11 is 6.02. The number of benzene rings is 1. The van der Waals surface area contributed by atoms with Crippen molar-refractivity contribution in [1.29, 1.82) is 5.26 Å². The number of halogens is 1. The summed E-state index contributed by atoms with van der Waals surface area (Å²) in [5, 5.41) is 13.5. The Balaban J connectivity index is 2.44. The van der Waals surface area contributed by atoms with Gasteiger partial charge < -0.3 is 0 Å². The van der Waals surface area contributed by atoms with Crippen molar-refractivity contribution in [3.8, 4) is 17.2 Å². The number of hydrogen-bond donors (Lipinski definition) is 0. The summed E-state index contributed by atoms with van der Waals surface area (Å²) in [4.78, 5) is 12.3. The Kier molecular flexibility index (Phi) is 4.21. The predicted octanol–water partition coefficient (Wildman–Crippen LogP) is 3.47. The van der Waals surface area contributed by atoms with E-state index in [0.717, 1.165) is 11.1 Å². The molecule has 2 aromatic rings. The SMILES string of the molecule is C[C@H](C#N)CC(=O)c1ccc(Cl)cc1-c1cnn(C)c1. The highest BCUT2D eigenvalue weighted by molar-refractivity contribution is 6.31. The number of Topliss-reactive ketones (excluding diaryl/α,β-unsaturated/α-hetero) is 1. The monoisotopic (exact) mass is 287 g/mol. The lowest BCUT2D eigenvalue weighted by atomic mass is 9.94. The van der Waals surface area contributed by atoms with Crippen LogP contribution >= 0.6 is 11.6 Å². The Morgan fingerprint density at radius 1 is 1.55 bits per heavy atom. The molecule has 0 aliphatic heterocycles. The standard InChI is InChI=1S/C15H14ClN3O/c1-10(7-17)5-15(20)13-4-3-12(16)6-14(13)11-8-18-19(2)9-11/h3-4,6,8-10H,5H2,1-2H3/t10-/m0/s1. The molecule has 2 rings (SSSR count). The summed E-state index contributed by atoms with van der Waals surface area (Å²) < 4.78 is 1.67. The van der Waals surface area contributed by atoms with Crippen molar-refractivity contribution < 1.29 is 4.79 Å². The number of nitriles is 1. The van der Waals surface area contributed by atoms with Crippen LogP contribution in [0.25, 0.3) is 11.1 Å². The third-order valence-corrected chi connectivity index (χ3v) is 3.24. The summed E-state index contributed by atoms with van der Waals surface area (Å²) in [6.45, 7) is 1.73. The fourth-order valence-electron chi connectivity index (χ4n) is 1.99. The number of hydrogen-bond acceptors (Lipinski definition) is 3. The van der Waals surface area contributed by atoms with Crippen LogP contribution in [0.5, 0.6) is 0 Å². The highest BCUT2D eigenvalue weighted by atomic mass is 35.5. The second-order valence-electron chi connectivity index (χ2n) is 4.75. The van der Waals surface area contributed by atoms with E-state index < -0.39 is 0 Å². The number of rotatable bonds is 4. The molecule has 1 aromatic heterocycles. The van der Waals surface area contributed by atoms with Crippen molar-refractivity contribution in [2.45, 2.75) is 13.3 Å². The first kappa shape index (κ1) is 14.3. The van der Waals surface area contributed by atoms with E-state index in [1.54, 1.807) is 36.0 Å². The quantitative estimate of drug-likeness (QED) is 0.809. The molecule has 20 heavy (non-hydrogen) atoms. The van der Waals surface area contributed by atoms with Gasteiger partial charge in [-0.25, -0.2) is 0 Å². The van der Waals surface area contributed by atoms with Crippen molar-refractivity contribution in [2.75, 3.05) is 0 Å². The molecule has 4 nitrogen and oxygen atoms in total. The summed E-state index contributed by atoms with van der Waals surface area (Å²) in [5.74, 6) is -0.366. The van der Waals surface area contributed by atoms with E-state index in [1.807, 2.05) is 13.2 Å². The van der Waals surface area contributed by atoms with Gasteiger partial charge in [0.15, 0.2) is 5.78 Å². The van der Waals surface area contributed by atoms with Gasteiger partial charge in [0, 0.05) is 35.8 Å². The molecule has 0 bridgehead atoms. The average Bonchev–Trinajstić information content (AvgIpc) is 2.84. The van der Waals surface area contributed by atoms with Crippen LogP contribution in [0, 0.1) is 17.2 Å². The Morgan fingerprint density at radius 3 is 2.90 bits per heavy atom. The molecule has 0 aliphatic carbocycles. The van der Waals surface area contributed by atoms with Gasteiger partial charge in [-0.1, -0.05) is 11.6 Å². The van der Waals surface area contributed by atoms with Gasteiger partial charge in [-0.2, -0.15) is 10.4 Å². The van der Waals surface area contributed by atoms with Crippen LogP contribution in [0.4, 0.5) is 0 Å². The lowest BCUT2D eigenvalue weighted by Crippen LogP contribution is -2.06. The summed E-state index contributed by atoms with van der Waals surface area (Å²) in [6, 6.07) is 7.22. The van der Waals surface area contributed by atoms with Gasteiger partial charge in [-0.15, -0.1) is 0 Å². The first-order chi connectivity index (χ1) is 9.51. The van der Waals surface area contributed by atoms with Crippen LogP contribution in [0.15, 0.2) is 30.6 Å². The topological polar surface area (TPSA) is 58.7 Å². The van der Waals surface area contributed by atoms with E-state index in [-0.39, 0.29) is 18.1 Å². The van der Waals surface area contributed by atoms with Crippen LogP contribution in [-0.2, 0) is 7.05 Å². The first-order valence-corrected chi connectivity index (χ1v) is 6.60. The minimum atomic E-state index is -0.306. The normalized spacial score (nSPS) is 11.9. The zero-order valence-corrected chi connectivity index (χ0v) is 12.1. The van der Waals surface area contributed by atoms with Crippen LogP contribution in [-0.4, -0.2) is 15.6 Å². The summed E-state index contributed by atoms with van der Waals surface area (Å²) in [5.41, 5.74) is 2.16. The molecule has 0 radical (unpaired) electrons. The van der Waals surface area contributed by atoms with Crippen LogP contribution in [0.3, 0.4) is 0 Å². The number of aryl methyl sites for hydroxylation is 1. The van der Waals surface area contributed by atoms with Gasteiger partial charge in [-0.05, 0) is 30.7 Å². The average molecular weight is 288 g/mol. The largest absolute Gasteiger partial charge is 0.294 e. The Labute approximate surface area is 122 Å². The van der Waals surface area contributed by atoms with Gasteiger partial charge in [0.05, 0.1) is 18.2 Å². The molecule has 1 aromatic carbocycles. The van der Waals surface area contributed by atoms with Crippen molar-refractivity contribution in [3.63, 3.8) is 0 Å². The van der Waals surface area contributed by atoms with E-state index >= 15 is 0 Å². The Morgan fingerprint density at radius 2 is 2.30 bits per heavy atom. The third-order valence-electron chi connectivity index (χ3n) is 3.01. The molecule has 102 valence electrons. The number of carbonyl (C=O) groups is 1. The predicted molar refractivity (Wildman–Crippen MR) is 77.4 cm³/mol. The fraction of sp³-hybridized carbons (Fsp3) is 0.267. The molecule has 0 fully saturated rings. The summed E-state index contributed by atoms with van der Waals surface area (Å²) in [6.07, 6.45) is 3.72. The Hall–Kier alpha value is -2.12. The van der Waals surface area contributed by atoms with Crippen LogP contribution in [0.1, 0.15) is 23.7 Å². The zero-order valence-electron chi connectivity index (χ0n) is 11.3. The zero-order chi connectivity index (χ0) is 14.7. The van der Waals surface area contributed by atoms with Crippen molar-refractivity contribution >= 4 is 17.4 Å². The summed E-state index contributed by atoms with van der Waals surface area (Å²) in [7, 11) is 1.81. The van der Waals surface area contributed by atoms with Gasteiger partial charge in [0.1, 0.15) is 0 Å². The smallest absolute Gasteiger partial charge is 0.164 e. The molecule has 5 heteroatoms. The highest BCUT2D eigenvalue weighted by Gasteiger charge is 2.16. The first-order valence-electron chi connectivity index (χ1n) is 6.22. The molecule has 1 atom stereocenters. The van der Waals surface area contributed by atoms with Gasteiger partial charge >= 0.3 is 0 Å². The second-order valence-corrected chi connectivity index (χ2v) is 5.19. The number of carbonyl (C=O) groups excluding carboxylic acids is 1. The molecule has 0 N–H and O–H groups in total. The van der Waals surface area contributed by atoms with Crippen molar-refractivity contribution in [2.24, 2.45) is 13.0 Å².